The van der Waals surface area contributed by atoms with Crippen molar-refractivity contribution in [1.29, 1.82) is 0 Å². The first-order chi connectivity index (χ1) is 19.9. The van der Waals surface area contributed by atoms with E-state index in [-0.39, 0.29) is 54.1 Å². The third-order valence-corrected chi connectivity index (χ3v) is 7.80. The zero-order valence-corrected chi connectivity index (χ0v) is 24.2. The molecule has 2 atom stereocenters. The third kappa shape index (κ3) is 6.71. The number of alkyl halides is 3. The van der Waals surface area contributed by atoms with Gasteiger partial charge in [0.25, 0.3) is 0 Å². The molecule has 0 radical (unpaired) electrons. The van der Waals surface area contributed by atoms with Gasteiger partial charge in [-0.2, -0.15) is 32.8 Å². The lowest BCUT2D eigenvalue weighted by molar-refractivity contribution is -0.154. The first-order valence-electron chi connectivity index (χ1n) is 14.2. The molecule has 3 saturated heterocycles. The number of carbonyl (C=O) groups excluding carboxylic acids is 2. The molecule has 0 spiro atoms. The molecule has 230 valence electrons. The van der Waals surface area contributed by atoms with Crippen LogP contribution in [-0.2, 0) is 9.53 Å². The monoisotopic (exact) mass is 594 g/mol. The minimum Gasteiger partial charge on any atom is -0.454 e. The fraction of sp³-hybridized carbons (Fsp3) is 0.667. The van der Waals surface area contributed by atoms with E-state index >= 15 is 0 Å². The van der Waals surface area contributed by atoms with E-state index in [0.29, 0.717) is 38.1 Å². The smallest absolute Gasteiger partial charge is 0.422 e. The largest absolute Gasteiger partial charge is 0.454 e. The van der Waals surface area contributed by atoms with Crippen molar-refractivity contribution < 1.29 is 32.2 Å². The first-order valence-corrected chi connectivity index (χ1v) is 14.2. The molecule has 15 heteroatoms. The van der Waals surface area contributed by atoms with Crippen LogP contribution in [0.25, 0.3) is 5.65 Å². The van der Waals surface area contributed by atoms with Gasteiger partial charge in [0.2, 0.25) is 11.9 Å². The number of halogens is 3. The van der Waals surface area contributed by atoms with Gasteiger partial charge in [-0.25, -0.2) is 4.79 Å². The fourth-order valence-corrected chi connectivity index (χ4v) is 5.73. The molecule has 5 rings (SSSR count). The van der Waals surface area contributed by atoms with E-state index in [9.17, 15) is 22.8 Å². The summed E-state index contributed by atoms with van der Waals surface area (Å²) in [5, 5.41) is 7.71. The van der Waals surface area contributed by atoms with Crippen LogP contribution >= 0.6 is 0 Å². The topological polar surface area (TPSA) is 117 Å². The van der Waals surface area contributed by atoms with Gasteiger partial charge in [-0.05, 0) is 45.7 Å². The van der Waals surface area contributed by atoms with Crippen LogP contribution in [0.1, 0.15) is 51.0 Å². The zero-order valence-electron chi connectivity index (χ0n) is 24.2. The van der Waals surface area contributed by atoms with Crippen LogP contribution < -0.4 is 10.1 Å². The van der Waals surface area contributed by atoms with Crippen LogP contribution in [-0.4, -0.2) is 117 Å². The van der Waals surface area contributed by atoms with Gasteiger partial charge in [-0.15, -0.1) is 0 Å². The van der Waals surface area contributed by atoms with Gasteiger partial charge >= 0.3 is 18.3 Å². The Hall–Kier alpha value is -3.62. The minimum absolute atomic E-state index is 0.0335. The van der Waals surface area contributed by atoms with Crippen LogP contribution in [0.4, 0.5) is 23.9 Å². The molecule has 0 saturated carbocycles. The van der Waals surface area contributed by atoms with Crippen molar-refractivity contribution in [2.45, 2.75) is 75.9 Å². The molecule has 2 bridgehead atoms. The highest BCUT2D eigenvalue weighted by atomic mass is 19.4. The van der Waals surface area contributed by atoms with Gasteiger partial charge in [0.15, 0.2) is 12.3 Å². The second-order valence-corrected chi connectivity index (χ2v) is 11.7. The highest BCUT2D eigenvalue weighted by molar-refractivity contribution is 5.88. The van der Waals surface area contributed by atoms with E-state index in [1.165, 1.54) is 4.52 Å². The molecule has 5 heterocycles. The summed E-state index contributed by atoms with van der Waals surface area (Å²) in [4.78, 5) is 39.2. The Balaban J connectivity index is 1.20. The van der Waals surface area contributed by atoms with Crippen molar-refractivity contribution >= 4 is 23.6 Å². The number of nitrogens with zero attached hydrogens (tertiary/aromatic N) is 7. The molecule has 0 aromatic carbocycles. The molecule has 2 amide bonds. The van der Waals surface area contributed by atoms with Crippen LogP contribution in [0.3, 0.4) is 0 Å². The molecule has 3 fully saturated rings. The van der Waals surface area contributed by atoms with Crippen LogP contribution in [0, 0.1) is 0 Å². The summed E-state index contributed by atoms with van der Waals surface area (Å²) in [5.41, 5.74) is 1.14. The van der Waals surface area contributed by atoms with Gasteiger partial charge < -0.3 is 29.5 Å². The highest BCUT2D eigenvalue weighted by Gasteiger charge is 2.46. The van der Waals surface area contributed by atoms with Crippen molar-refractivity contribution in [3.63, 3.8) is 0 Å². The van der Waals surface area contributed by atoms with Crippen molar-refractivity contribution in [3.8, 4) is 6.01 Å². The molecular weight excluding hydrogens is 557 g/mol. The van der Waals surface area contributed by atoms with Gasteiger partial charge in [0.1, 0.15) is 6.10 Å². The standard InChI is InChI=1S/C27H37F3N8O4/c1-16(2)21-12-31-38-23(21)33-25(41-15-27(28,29)30)34-24(38)32-17-10-18-7-8-19(11-17)37(18)26(40)42-20-13-36(14-20)22(39)6-5-9-35(3)4/h5-6,12,16-20H,7-11,13-15H2,1-4H3,(H,32,33,34)/b6-5+. The number of likely N-dealkylation sites (N-methyl/N-ethyl adjacent to an activating group) is 1. The molecule has 42 heavy (non-hydrogen) atoms. The molecule has 2 aromatic rings. The summed E-state index contributed by atoms with van der Waals surface area (Å²) in [6.45, 7) is 3.79. The number of likely N-dealkylation sites (tertiary alicyclic amines) is 1. The fourth-order valence-electron chi connectivity index (χ4n) is 5.73. The Kier molecular flexibility index (Phi) is 8.49. The van der Waals surface area contributed by atoms with Gasteiger partial charge in [0.05, 0.1) is 19.3 Å². The Bertz CT molecular complexity index is 1310. The number of nitrogens with one attached hydrogen (secondary N) is 1. The first kappa shape index (κ1) is 29.9. The average Bonchev–Trinajstić information content (AvgIpc) is 3.43. The number of amides is 2. The summed E-state index contributed by atoms with van der Waals surface area (Å²) in [5.74, 6) is 0.175. The maximum absolute atomic E-state index is 13.1. The Morgan fingerprint density at radius 3 is 2.48 bits per heavy atom. The number of hydrogen-bond donors (Lipinski definition) is 1. The van der Waals surface area contributed by atoms with E-state index in [4.69, 9.17) is 9.47 Å². The van der Waals surface area contributed by atoms with Gasteiger partial charge in [-0.1, -0.05) is 19.9 Å². The lowest BCUT2D eigenvalue weighted by Crippen LogP contribution is -2.57. The van der Waals surface area contributed by atoms with E-state index in [1.54, 1.807) is 28.1 Å². The molecule has 3 aliphatic heterocycles. The molecule has 0 aliphatic carbocycles. The number of carbonyl (C=O) groups is 2. The van der Waals surface area contributed by atoms with Crippen molar-refractivity contribution in [1.82, 2.24) is 34.3 Å². The lowest BCUT2D eigenvalue weighted by atomic mass is 9.98. The molecule has 1 N–H and O–H groups in total. The Morgan fingerprint density at radius 2 is 1.86 bits per heavy atom. The highest BCUT2D eigenvalue weighted by Crippen LogP contribution is 2.38. The normalized spacial score (nSPS) is 22.8. The van der Waals surface area contributed by atoms with E-state index < -0.39 is 12.8 Å². The zero-order chi connectivity index (χ0) is 30.2. The molecular formula is C27H37F3N8O4. The summed E-state index contributed by atoms with van der Waals surface area (Å²) in [6, 6.07) is -0.585. The van der Waals surface area contributed by atoms with E-state index in [0.717, 1.165) is 18.4 Å². The van der Waals surface area contributed by atoms with Crippen molar-refractivity contribution in [3.05, 3.63) is 23.9 Å². The van der Waals surface area contributed by atoms with E-state index in [1.807, 2.05) is 32.8 Å². The van der Waals surface area contributed by atoms with Crippen LogP contribution in [0.15, 0.2) is 18.3 Å². The van der Waals surface area contributed by atoms with Crippen LogP contribution in [0.5, 0.6) is 6.01 Å². The number of hydrogen-bond acceptors (Lipinski definition) is 9. The predicted octanol–water partition coefficient (Wildman–Crippen LogP) is 3.06. The maximum atomic E-state index is 13.1. The summed E-state index contributed by atoms with van der Waals surface area (Å²) >= 11 is 0. The number of piperidine rings is 1. The van der Waals surface area contributed by atoms with Crippen LogP contribution in [0.2, 0.25) is 0 Å². The second kappa shape index (κ2) is 11.9. The number of aromatic nitrogens is 4. The second-order valence-electron chi connectivity index (χ2n) is 11.7. The maximum Gasteiger partial charge on any atom is 0.422 e. The quantitative estimate of drug-likeness (QED) is 0.437. The molecule has 2 unspecified atom stereocenters. The van der Waals surface area contributed by atoms with Crippen molar-refractivity contribution in [2.24, 2.45) is 0 Å². The van der Waals surface area contributed by atoms with Crippen molar-refractivity contribution in [2.75, 3.05) is 45.7 Å². The number of rotatable bonds is 9. The number of fused-ring (bicyclic) bond motifs is 3. The Morgan fingerprint density at radius 1 is 1.17 bits per heavy atom. The summed E-state index contributed by atoms with van der Waals surface area (Å²) < 4.78 is 50.6. The van der Waals surface area contributed by atoms with Gasteiger partial charge in [0, 0.05) is 36.3 Å². The summed E-state index contributed by atoms with van der Waals surface area (Å²) in [7, 11) is 3.84. The SMILES string of the molecule is CC(C)c1cnn2c(NC3CC4CCC(C3)N4C(=O)OC3CN(C(=O)/C=C/CN(C)C)C3)nc(OCC(F)(F)F)nc12. The van der Waals surface area contributed by atoms with E-state index in [2.05, 4.69) is 20.4 Å². The van der Waals surface area contributed by atoms with Gasteiger partial charge in [-0.3, -0.25) is 4.79 Å². The Labute approximate surface area is 241 Å². The summed E-state index contributed by atoms with van der Waals surface area (Å²) in [6.07, 6.45) is 2.60. The lowest BCUT2D eigenvalue weighted by Gasteiger charge is -2.42. The minimum atomic E-state index is -4.53. The molecule has 2 aromatic heterocycles. The third-order valence-electron chi connectivity index (χ3n) is 7.80. The number of ether oxygens (including phenoxy) is 2. The number of anilines is 1. The molecule has 3 aliphatic rings. The predicted molar refractivity (Wildman–Crippen MR) is 146 cm³/mol. The molecule has 12 nitrogen and oxygen atoms in total. The average molecular weight is 595 g/mol.